The highest BCUT2D eigenvalue weighted by Crippen LogP contribution is 2.35. The van der Waals surface area contributed by atoms with Gasteiger partial charge >= 0.3 is 0 Å². The standard InChI is InChI=1S/C14H12BrClO2/c1-17-13-6-2-3-7-14(13)18-12-8-4-5-11(16)10(12)9-15/h2-8H,9H2,1H3. The molecular weight excluding hydrogens is 316 g/mol. The van der Waals surface area contributed by atoms with Crippen LogP contribution in [0.5, 0.6) is 17.2 Å². The maximum atomic E-state index is 6.13. The van der Waals surface area contributed by atoms with Crippen LogP contribution in [0, 0.1) is 0 Å². The monoisotopic (exact) mass is 326 g/mol. The van der Waals surface area contributed by atoms with Crippen LogP contribution in [0.4, 0.5) is 0 Å². The van der Waals surface area contributed by atoms with Gasteiger partial charge in [0.25, 0.3) is 0 Å². The van der Waals surface area contributed by atoms with Gasteiger partial charge in [-0.25, -0.2) is 0 Å². The summed E-state index contributed by atoms with van der Waals surface area (Å²) in [5.41, 5.74) is 0.921. The van der Waals surface area contributed by atoms with Crippen LogP contribution in [-0.2, 0) is 5.33 Å². The summed E-state index contributed by atoms with van der Waals surface area (Å²) in [5.74, 6) is 2.09. The maximum absolute atomic E-state index is 6.13. The summed E-state index contributed by atoms with van der Waals surface area (Å²) in [7, 11) is 1.62. The molecule has 2 aromatic rings. The Bertz CT molecular complexity index is 543. The minimum absolute atomic E-state index is 0.636. The molecule has 0 saturated heterocycles. The van der Waals surface area contributed by atoms with Crippen molar-refractivity contribution in [3.05, 3.63) is 53.1 Å². The van der Waals surface area contributed by atoms with Crippen molar-refractivity contribution >= 4 is 27.5 Å². The molecule has 2 nitrogen and oxygen atoms in total. The van der Waals surface area contributed by atoms with Crippen molar-refractivity contribution in [3.8, 4) is 17.2 Å². The van der Waals surface area contributed by atoms with E-state index in [0.717, 1.165) is 11.3 Å². The summed E-state index contributed by atoms with van der Waals surface area (Å²) in [6.07, 6.45) is 0. The normalized spacial score (nSPS) is 10.2. The zero-order chi connectivity index (χ0) is 13.0. The first-order valence-electron chi connectivity index (χ1n) is 5.40. The van der Waals surface area contributed by atoms with Gasteiger partial charge in [-0.2, -0.15) is 0 Å². The van der Waals surface area contributed by atoms with E-state index in [9.17, 15) is 0 Å². The Balaban J connectivity index is 2.37. The highest BCUT2D eigenvalue weighted by molar-refractivity contribution is 9.08. The first-order chi connectivity index (χ1) is 8.76. The van der Waals surface area contributed by atoms with E-state index in [1.54, 1.807) is 7.11 Å². The molecule has 0 amide bonds. The summed E-state index contributed by atoms with van der Waals surface area (Å²) >= 11 is 9.54. The van der Waals surface area contributed by atoms with Crippen molar-refractivity contribution in [1.82, 2.24) is 0 Å². The molecule has 0 spiro atoms. The zero-order valence-electron chi connectivity index (χ0n) is 9.82. The van der Waals surface area contributed by atoms with E-state index in [2.05, 4.69) is 15.9 Å². The molecule has 0 atom stereocenters. The van der Waals surface area contributed by atoms with Gasteiger partial charge in [-0.15, -0.1) is 0 Å². The van der Waals surface area contributed by atoms with Crippen molar-refractivity contribution < 1.29 is 9.47 Å². The van der Waals surface area contributed by atoms with Crippen LogP contribution in [-0.4, -0.2) is 7.11 Å². The summed E-state index contributed by atoms with van der Waals surface area (Å²) in [6, 6.07) is 13.1. The smallest absolute Gasteiger partial charge is 0.169 e. The third-order valence-electron chi connectivity index (χ3n) is 2.50. The van der Waals surface area contributed by atoms with Crippen LogP contribution < -0.4 is 9.47 Å². The molecule has 0 aliphatic heterocycles. The summed E-state index contributed by atoms with van der Waals surface area (Å²) < 4.78 is 11.1. The van der Waals surface area contributed by atoms with E-state index in [0.29, 0.717) is 21.9 Å². The van der Waals surface area contributed by atoms with Crippen LogP contribution in [0.2, 0.25) is 5.02 Å². The Hall–Kier alpha value is -1.19. The van der Waals surface area contributed by atoms with Crippen LogP contribution in [0.3, 0.4) is 0 Å². The lowest BCUT2D eigenvalue weighted by molar-refractivity contribution is 0.378. The topological polar surface area (TPSA) is 18.5 Å². The number of rotatable bonds is 4. The molecule has 0 aromatic heterocycles. The molecule has 0 unspecified atom stereocenters. The van der Waals surface area contributed by atoms with E-state index in [1.807, 2.05) is 42.5 Å². The van der Waals surface area contributed by atoms with Gasteiger partial charge in [-0.05, 0) is 24.3 Å². The number of methoxy groups -OCH3 is 1. The fourth-order valence-electron chi connectivity index (χ4n) is 1.59. The van der Waals surface area contributed by atoms with E-state index < -0.39 is 0 Å². The zero-order valence-corrected chi connectivity index (χ0v) is 12.2. The highest BCUT2D eigenvalue weighted by atomic mass is 79.9. The third kappa shape index (κ3) is 2.79. The lowest BCUT2D eigenvalue weighted by Crippen LogP contribution is -1.93. The number of alkyl halides is 1. The van der Waals surface area contributed by atoms with Gasteiger partial charge in [0.1, 0.15) is 5.75 Å². The first-order valence-corrected chi connectivity index (χ1v) is 6.90. The lowest BCUT2D eigenvalue weighted by Gasteiger charge is -2.13. The number of hydrogen-bond acceptors (Lipinski definition) is 2. The van der Waals surface area contributed by atoms with Crippen molar-refractivity contribution in [1.29, 1.82) is 0 Å². The molecule has 18 heavy (non-hydrogen) atoms. The molecule has 4 heteroatoms. The Morgan fingerprint density at radius 2 is 1.67 bits per heavy atom. The number of ether oxygens (including phenoxy) is 2. The molecule has 94 valence electrons. The van der Waals surface area contributed by atoms with Gasteiger partial charge in [-0.3, -0.25) is 0 Å². The number of hydrogen-bond donors (Lipinski definition) is 0. The van der Waals surface area contributed by atoms with Gasteiger partial charge in [0.15, 0.2) is 11.5 Å². The van der Waals surface area contributed by atoms with E-state index in [-0.39, 0.29) is 0 Å². The lowest BCUT2D eigenvalue weighted by atomic mass is 10.2. The SMILES string of the molecule is COc1ccccc1Oc1cccc(Cl)c1CBr. The van der Waals surface area contributed by atoms with Crippen LogP contribution in [0.25, 0.3) is 0 Å². The largest absolute Gasteiger partial charge is 0.493 e. The molecule has 0 radical (unpaired) electrons. The van der Waals surface area contributed by atoms with Crippen molar-refractivity contribution in [3.63, 3.8) is 0 Å². The van der Waals surface area contributed by atoms with Crippen molar-refractivity contribution in [2.45, 2.75) is 5.33 Å². The van der Waals surface area contributed by atoms with Gasteiger partial charge in [0, 0.05) is 15.9 Å². The quantitative estimate of drug-likeness (QED) is 0.733. The minimum Gasteiger partial charge on any atom is -0.493 e. The summed E-state index contributed by atoms with van der Waals surface area (Å²) in [5, 5.41) is 1.32. The minimum atomic E-state index is 0.636. The number of halogens is 2. The average molecular weight is 328 g/mol. The van der Waals surface area contributed by atoms with Crippen LogP contribution >= 0.6 is 27.5 Å². The summed E-state index contributed by atoms with van der Waals surface area (Å²) in [6.45, 7) is 0. The van der Waals surface area contributed by atoms with Gasteiger partial charge in [-0.1, -0.05) is 45.7 Å². The Morgan fingerprint density at radius 1 is 1.00 bits per heavy atom. The molecule has 0 fully saturated rings. The fourth-order valence-corrected chi connectivity index (χ4v) is 2.56. The molecule has 0 bridgehead atoms. The first kappa shape index (κ1) is 13.2. The Morgan fingerprint density at radius 3 is 2.33 bits per heavy atom. The van der Waals surface area contributed by atoms with Gasteiger partial charge in [0.05, 0.1) is 7.11 Å². The summed E-state index contributed by atoms with van der Waals surface area (Å²) in [4.78, 5) is 0. The second-order valence-electron chi connectivity index (χ2n) is 3.60. The van der Waals surface area contributed by atoms with E-state index in [1.165, 1.54) is 0 Å². The van der Waals surface area contributed by atoms with Crippen LogP contribution in [0.1, 0.15) is 5.56 Å². The average Bonchev–Trinajstić information content (AvgIpc) is 2.40. The predicted molar refractivity (Wildman–Crippen MR) is 77.2 cm³/mol. The van der Waals surface area contributed by atoms with Gasteiger partial charge < -0.3 is 9.47 Å². The Labute approximate surface area is 120 Å². The molecule has 0 N–H and O–H groups in total. The highest BCUT2D eigenvalue weighted by Gasteiger charge is 2.10. The molecular formula is C14H12BrClO2. The number of para-hydroxylation sites is 2. The molecule has 0 aliphatic rings. The van der Waals surface area contributed by atoms with E-state index in [4.69, 9.17) is 21.1 Å². The number of benzene rings is 2. The Kier molecular flexibility index (Phi) is 4.50. The third-order valence-corrected chi connectivity index (χ3v) is 3.41. The second-order valence-corrected chi connectivity index (χ2v) is 4.57. The second kappa shape index (κ2) is 6.12. The maximum Gasteiger partial charge on any atom is 0.169 e. The molecule has 0 heterocycles. The molecule has 0 aliphatic carbocycles. The molecule has 2 rings (SSSR count). The van der Waals surface area contributed by atoms with E-state index >= 15 is 0 Å². The molecule has 2 aromatic carbocycles. The molecule has 0 saturated carbocycles. The fraction of sp³-hybridized carbons (Fsp3) is 0.143. The van der Waals surface area contributed by atoms with Gasteiger partial charge in [0.2, 0.25) is 0 Å². The van der Waals surface area contributed by atoms with Crippen molar-refractivity contribution in [2.75, 3.05) is 7.11 Å². The predicted octanol–water partition coefficient (Wildman–Crippen LogP) is 5.04. The van der Waals surface area contributed by atoms with Crippen molar-refractivity contribution in [2.24, 2.45) is 0 Å². The van der Waals surface area contributed by atoms with Crippen LogP contribution in [0.15, 0.2) is 42.5 Å².